The molecule has 0 spiro atoms. The van der Waals surface area contributed by atoms with E-state index in [1.807, 2.05) is 0 Å². The first kappa shape index (κ1) is 46.5. The Morgan fingerprint density at radius 1 is 0.435 bits per heavy atom. The Hall–Kier alpha value is 5.25. The van der Waals surface area contributed by atoms with E-state index in [2.05, 4.69) is 0 Å². The molecule has 0 amide bonds. The van der Waals surface area contributed by atoms with Crippen LogP contribution < -0.4 is 157 Å². The zero-order valence-corrected chi connectivity index (χ0v) is 25.9. The quantitative estimate of drug-likeness (QED) is 0.240. The van der Waals surface area contributed by atoms with Crippen LogP contribution in [0.3, 0.4) is 0 Å². The molecule has 0 aliphatic heterocycles. The van der Waals surface area contributed by atoms with Crippen molar-refractivity contribution in [1.82, 2.24) is 0 Å². The summed E-state index contributed by atoms with van der Waals surface area (Å²) in [5.41, 5.74) is 0. The van der Waals surface area contributed by atoms with Crippen LogP contribution in [0.4, 0.5) is 0 Å². The van der Waals surface area contributed by atoms with E-state index in [1.54, 1.807) is 0 Å². The van der Waals surface area contributed by atoms with Crippen molar-refractivity contribution in [2.24, 2.45) is 0 Å². The average molecular weight is 535 g/mol. The van der Waals surface area contributed by atoms with E-state index in [9.17, 15) is 57.4 Å². The van der Waals surface area contributed by atoms with Gasteiger partial charge in [0, 0.05) is 31.9 Å². The van der Waals surface area contributed by atoms with Crippen LogP contribution in [0.2, 0.25) is 0 Å². The molecule has 0 saturated carbocycles. The fourth-order valence-corrected chi connectivity index (χ4v) is 3.82. The van der Waals surface area contributed by atoms with Crippen LogP contribution in [0.5, 0.6) is 0 Å². The fraction of sp³-hybridized carbons (Fsp3) is 1.00. The van der Waals surface area contributed by atoms with Gasteiger partial charge in [-0.15, -0.1) is 0 Å². The predicted octanol–water partition coefficient (Wildman–Crippen LogP) is -18.4. The van der Waals surface area contributed by atoms with Gasteiger partial charge in [0.25, 0.3) is 0 Å². The van der Waals surface area contributed by atoms with E-state index < -0.39 is 42.2 Å². The minimum Gasteiger partial charge on any atom is -0.810 e. The van der Waals surface area contributed by atoms with Gasteiger partial charge in [0.2, 0.25) is 0 Å². The van der Waals surface area contributed by atoms with Crippen molar-refractivity contribution in [3.8, 4) is 0 Å². The first-order valence-electron chi connectivity index (χ1n) is 3.46. The standard InChI is InChI=1S/2CH6O6P2.4Na.Tc/c2*2-8(3,4)1-9(5,6)7;;;;;/h2*1H2,(H2,2,3,4)(H2,5,6,7);;;;;/q;;4*+1;/p-8/i;;;;;;1+1. The van der Waals surface area contributed by atoms with E-state index in [0.29, 0.717) is 0 Å². The van der Waals surface area contributed by atoms with Gasteiger partial charge in [-0.3, -0.25) is 0 Å². The third kappa shape index (κ3) is 58.4. The summed E-state index contributed by atoms with van der Waals surface area (Å²) in [7, 11) is -20.7. The van der Waals surface area contributed by atoms with Crippen LogP contribution >= 0.6 is 30.4 Å². The number of hydrogen-bond acceptors (Lipinski definition) is 12. The first-order valence-corrected chi connectivity index (χ1v) is 10.4. The van der Waals surface area contributed by atoms with Gasteiger partial charge in [-0.25, -0.2) is 0 Å². The molecule has 0 rings (SSSR count). The zero-order chi connectivity index (χ0) is 15.4. The second-order valence-corrected chi connectivity index (χ2v) is 9.88. The predicted molar refractivity (Wildman–Crippen MR) is 40.2 cm³/mol. The van der Waals surface area contributed by atoms with E-state index in [0.717, 1.165) is 0 Å². The van der Waals surface area contributed by atoms with Gasteiger partial charge in [0.05, 0.1) is 0 Å². The SMILES string of the molecule is O=P([O-])([O-])CP(=O)([O-])[O-].O=P([O-])([O-])CP(=O)([O-])[O-].[99Tc].[Na+].[Na+].[Na+].[Na+]. The summed E-state index contributed by atoms with van der Waals surface area (Å²) in [4.78, 5) is 76.4. The molecule has 1 radical (unpaired) electrons. The summed E-state index contributed by atoms with van der Waals surface area (Å²) >= 11 is 0. The van der Waals surface area contributed by atoms with Gasteiger partial charge in [0.15, 0.2) is 0 Å². The first-order chi connectivity index (χ1) is 7.41. The van der Waals surface area contributed by atoms with Crippen LogP contribution in [0.1, 0.15) is 0 Å². The van der Waals surface area contributed by atoms with Crippen LogP contribution in [-0.4, -0.2) is 11.8 Å². The maximum Gasteiger partial charge on any atom is 1.00 e. The van der Waals surface area contributed by atoms with Crippen molar-refractivity contribution in [2.45, 2.75) is 0 Å². The molecule has 0 aromatic heterocycles. The summed E-state index contributed by atoms with van der Waals surface area (Å²) in [6.45, 7) is 0. The molecule has 0 saturated heterocycles. The third-order valence-corrected chi connectivity index (χ3v) is 6.24. The fourth-order valence-electron chi connectivity index (χ4n) is 0.424. The van der Waals surface area contributed by atoms with Crippen molar-refractivity contribution >= 4 is 30.4 Å². The Morgan fingerprint density at radius 2 is 0.522 bits per heavy atom. The molecule has 119 valence electrons. The van der Waals surface area contributed by atoms with Crippen molar-refractivity contribution in [1.29, 1.82) is 0 Å². The molecule has 0 fully saturated rings. The molecule has 0 N–H and O–H groups in total. The van der Waals surface area contributed by atoms with Crippen LogP contribution in [0.25, 0.3) is 0 Å². The van der Waals surface area contributed by atoms with E-state index in [-0.39, 0.29) is 138 Å². The Morgan fingerprint density at radius 3 is 0.522 bits per heavy atom. The normalized spacial score (nSPS) is 10.8. The van der Waals surface area contributed by atoms with Crippen LogP contribution in [-0.2, 0) is 38.4 Å². The third-order valence-electron chi connectivity index (χ3n) is 0.693. The summed E-state index contributed by atoms with van der Waals surface area (Å²) < 4.78 is 38.2. The topological polar surface area (TPSA) is 253 Å². The molecule has 0 aliphatic rings. The molecule has 21 heteroatoms. The van der Waals surface area contributed by atoms with Crippen molar-refractivity contribution in [2.75, 3.05) is 11.8 Å². The van der Waals surface area contributed by atoms with E-state index in [1.165, 1.54) is 0 Å². The Labute approximate surface area is 233 Å². The Balaban J connectivity index is -0.0000000366. The largest absolute Gasteiger partial charge is 1.00 e. The molecule has 0 aliphatic carbocycles. The van der Waals surface area contributed by atoms with E-state index >= 15 is 0 Å². The van der Waals surface area contributed by atoms with E-state index in [4.69, 9.17) is 0 Å². The van der Waals surface area contributed by atoms with Crippen molar-refractivity contribution in [3.63, 3.8) is 0 Å². The second-order valence-electron chi connectivity index (χ2n) is 2.73. The molecule has 0 unspecified atom stereocenters. The maximum absolute atomic E-state index is 9.55. The van der Waals surface area contributed by atoms with Gasteiger partial charge in [0.1, 0.15) is 0 Å². The van der Waals surface area contributed by atoms with Gasteiger partial charge in [-0.2, -0.15) is 0 Å². The maximum atomic E-state index is 9.55. The summed E-state index contributed by atoms with van der Waals surface area (Å²) in [6.07, 6.45) is 0. The minimum absolute atomic E-state index is 0. The van der Waals surface area contributed by atoms with Crippen LogP contribution in [0.15, 0.2) is 0 Å². The summed E-state index contributed by atoms with van der Waals surface area (Å²) in [5, 5.41) is 0. The zero-order valence-electron chi connectivity index (χ0n) is 12.5. The monoisotopic (exact) mass is 535 g/mol. The molecular weight excluding hydrogens is 531 g/mol. The summed E-state index contributed by atoms with van der Waals surface area (Å²) in [5.74, 6) is -3.64. The van der Waals surface area contributed by atoms with Crippen molar-refractivity contribution < 1.29 is 196 Å². The average Bonchev–Trinajstić information content (AvgIpc) is 1.64. The molecule has 0 heterocycles. The Kier molecular flexibility index (Phi) is 38.8. The van der Waals surface area contributed by atoms with Crippen LogP contribution in [0, 0.1) is 0 Å². The molecule has 0 aromatic rings. The number of rotatable bonds is 4. The molecule has 23 heavy (non-hydrogen) atoms. The number of hydrogen-bond donors (Lipinski definition) is 0. The van der Waals surface area contributed by atoms with Gasteiger partial charge in [-0.05, 0) is 0 Å². The molecule has 0 atom stereocenters. The van der Waals surface area contributed by atoms with Gasteiger partial charge >= 0.3 is 118 Å². The molecule has 12 nitrogen and oxygen atoms in total. The molecule has 0 bridgehead atoms. The van der Waals surface area contributed by atoms with Gasteiger partial charge < -0.3 is 57.4 Å². The summed E-state index contributed by atoms with van der Waals surface area (Å²) in [6, 6.07) is 0. The minimum atomic E-state index is -5.18. The molecular formula is C2H4Na4O12P4Tc-4. The smallest absolute Gasteiger partial charge is 0.810 e. The molecule has 0 aromatic carbocycles. The van der Waals surface area contributed by atoms with Gasteiger partial charge in [-0.1, -0.05) is 30.4 Å². The van der Waals surface area contributed by atoms with Crippen molar-refractivity contribution in [3.05, 3.63) is 0 Å². The second kappa shape index (κ2) is 19.2. The Bertz CT molecular complexity index is 366.